The molecule has 1 aromatic heterocycles. The summed E-state index contributed by atoms with van der Waals surface area (Å²) in [5.41, 5.74) is 0. The molecule has 1 fully saturated rings. The summed E-state index contributed by atoms with van der Waals surface area (Å²) in [5.74, 6) is -1.64. The minimum atomic E-state index is -1.26. The Morgan fingerprint density at radius 2 is 2.44 bits per heavy atom. The second kappa shape index (κ2) is 5.78. The fourth-order valence-corrected chi connectivity index (χ4v) is 2.73. The predicted octanol–water partition coefficient (Wildman–Crippen LogP) is -0.190. The monoisotopic (exact) mass is 282 g/mol. The van der Waals surface area contributed by atoms with Crippen molar-refractivity contribution in [2.24, 2.45) is 10.2 Å². The number of carbonyl (C=O) groups excluding carboxylic acids is 2. The number of nitrogens with zero attached hydrogens (tertiary/aromatic N) is 2. The van der Waals surface area contributed by atoms with E-state index in [2.05, 4.69) is 15.5 Å². The van der Waals surface area contributed by atoms with Gasteiger partial charge >= 0.3 is 0 Å². The Bertz CT molecular complexity index is 510. The maximum atomic E-state index is 11.4. The Balaban J connectivity index is 1.95. The molecule has 0 saturated carbocycles. The quantitative estimate of drug-likeness (QED) is 0.611. The Kier molecular flexibility index (Phi) is 4.11. The number of hydrogen-bond acceptors (Lipinski definition) is 7. The minimum absolute atomic E-state index is 0.305. The molecule has 1 aromatic rings. The van der Waals surface area contributed by atoms with Crippen LogP contribution < -0.4 is 10.4 Å². The lowest BCUT2D eigenvalue weighted by Gasteiger charge is -2.04. The number of thioether (sulfide) groups is 1. The van der Waals surface area contributed by atoms with E-state index < -0.39 is 11.2 Å². The molecule has 2 rings (SSSR count). The molecular weight excluding hydrogens is 274 g/mol. The van der Waals surface area contributed by atoms with E-state index in [4.69, 9.17) is 0 Å². The van der Waals surface area contributed by atoms with Gasteiger partial charge in [-0.3, -0.25) is 4.79 Å². The predicted molar refractivity (Wildman–Crippen MR) is 68.5 cm³/mol. The van der Waals surface area contributed by atoms with E-state index in [1.165, 1.54) is 11.3 Å². The number of amides is 1. The molecular formula is C10H8N3O3S2-. The van der Waals surface area contributed by atoms with Crippen molar-refractivity contribution in [3.05, 3.63) is 22.4 Å². The standard InChI is InChI=1S/C10H9N3O3S2/c14-8(15)4-7-9(16)12-10(18-7)13-11-5-6-2-1-3-17-6/h1-3,5,7H,4H2,(H,14,15)(H,12,13,16)/p-1/b11-5-/t7-/m0/s1. The van der Waals surface area contributed by atoms with Gasteiger partial charge in [-0.1, -0.05) is 17.8 Å². The maximum absolute atomic E-state index is 11.4. The van der Waals surface area contributed by atoms with Crippen LogP contribution in [-0.2, 0) is 9.59 Å². The highest BCUT2D eigenvalue weighted by Gasteiger charge is 2.30. The smallest absolute Gasteiger partial charge is 0.239 e. The van der Waals surface area contributed by atoms with E-state index in [1.807, 2.05) is 17.5 Å². The number of rotatable bonds is 4. The van der Waals surface area contributed by atoms with Gasteiger partial charge in [-0.2, -0.15) is 5.10 Å². The third-order valence-corrected chi connectivity index (χ3v) is 3.88. The molecule has 0 aliphatic carbocycles. The maximum Gasteiger partial charge on any atom is 0.239 e. The Labute approximate surface area is 111 Å². The average Bonchev–Trinajstić information content (AvgIpc) is 2.90. The van der Waals surface area contributed by atoms with E-state index in [9.17, 15) is 14.7 Å². The summed E-state index contributed by atoms with van der Waals surface area (Å²) >= 11 is 2.56. The van der Waals surface area contributed by atoms with Gasteiger partial charge in [0.25, 0.3) is 0 Å². The second-order valence-electron chi connectivity index (χ2n) is 3.34. The van der Waals surface area contributed by atoms with Crippen LogP contribution in [0, 0.1) is 0 Å². The van der Waals surface area contributed by atoms with Crippen molar-refractivity contribution in [2.75, 3.05) is 0 Å². The van der Waals surface area contributed by atoms with E-state index in [0.29, 0.717) is 5.17 Å². The third-order valence-electron chi connectivity index (χ3n) is 2.01. The summed E-state index contributed by atoms with van der Waals surface area (Å²) in [4.78, 5) is 22.7. The second-order valence-corrected chi connectivity index (χ2v) is 5.51. The number of nitrogens with one attached hydrogen (secondary N) is 1. The molecule has 94 valence electrons. The zero-order valence-electron chi connectivity index (χ0n) is 9.03. The average molecular weight is 282 g/mol. The first-order valence-corrected chi connectivity index (χ1v) is 6.73. The highest BCUT2D eigenvalue weighted by molar-refractivity contribution is 8.15. The molecule has 0 unspecified atom stereocenters. The zero-order valence-corrected chi connectivity index (χ0v) is 10.7. The fraction of sp³-hybridized carbons (Fsp3) is 0.200. The molecule has 0 spiro atoms. The largest absolute Gasteiger partial charge is 0.550 e. The van der Waals surface area contributed by atoms with Gasteiger partial charge in [-0.05, 0) is 11.4 Å². The van der Waals surface area contributed by atoms with Crippen LogP contribution >= 0.6 is 23.1 Å². The Morgan fingerprint density at radius 3 is 3.11 bits per heavy atom. The summed E-state index contributed by atoms with van der Waals surface area (Å²) in [6.07, 6.45) is 1.24. The van der Waals surface area contributed by atoms with Gasteiger partial charge in [0.1, 0.15) is 0 Å². The van der Waals surface area contributed by atoms with E-state index in [-0.39, 0.29) is 12.3 Å². The first-order chi connectivity index (χ1) is 8.65. The highest BCUT2D eigenvalue weighted by atomic mass is 32.2. The van der Waals surface area contributed by atoms with E-state index >= 15 is 0 Å². The van der Waals surface area contributed by atoms with Crippen molar-refractivity contribution in [3.8, 4) is 0 Å². The topological polar surface area (TPSA) is 93.9 Å². The summed E-state index contributed by atoms with van der Waals surface area (Å²) in [6.45, 7) is 0. The van der Waals surface area contributed by atoms with Crippen molar-refractivity contribution >= 4 is 46.4 Å². The number of thiophene rings is 1. The lowest BCUT2D eigenvalue weighted by molar-refractivity contribution is -0.305. The van der Waals surface area contributed by atoms with Crippen molar-refractivity contribution in [2.45, 2.75) is 11.7 Å². The number of aliphatic carboxylic acids is 1. The molecule has 0 radical (unpaired) electrons. The normalized spacial score (nSPS) is 21.7. The van der Waals surface area contributed by atoms with Gasteiger partial charge in [-0.15, -0.1) is 16.4 Å². The van der Waals surface area contributed by atoms with Crippen molar-refractivity contribution in [3.63, 3.8) is 0 Å². The SMILES string of the molecule is O=C([O-])C[C@@H]1S/C(=N\N=C/c2cccs2)NC1=O. The van der Waals surface area contributed by atoms with E-state index in [1.54, 1.807) is 6.21 Å². The van der Waals surface area contributed by atoms with Crippen molar-refractivity contribution in [1.29, 1.82) is 0 Å². The molecule has 1 aliphatic heterocycles. The molecule has 1 atom stereocenters. The minimum Gasteiger partial charge on any atom is -0.550 e. The summed E-state index contributed by atoms with van der Waals surface area (Å²) in [6, 6.07) is 3.77. The fourth-order valence-electron chi connectivity index (χ4n) is 1.24. The lowest BCUT2D eigenvalue weighted by atomic mass is 10.3. The lowest BCUT2D eigenvalue weighted by Crippen LogP contribution is -2.31. The first kappa shape index (κ1) is 12.8. The molecule has 1 aliphatic rings. The van der Waals surface area contributed by atoms with Gasteiger partial charge < -0.3 is 15.2 Å². The molecule has 1 N–H and O–H groups in total. The number of carboxylic acids is 1. The molecule has 6 nitrogen and oxygen atoms in total. The molecule has 8 heteroatoms. The van der Waals surface area contributed by atoms with Gasteiger partial charge in [0, 0.05) is 17.3 Å². The summed E-state index contributed by atoms with van der Waals surface area (Å²) in [7, 11) is 0. The number of hydrogen-bond donors (Lipinski definition) is 1. The zero-order chi connectivity index (χ0) is 13.0. The van der Waals surface area contributed by atoms with Crippen LogP contribution in [0.25, 0.3) is 0 Å². The third kappa shape index (κ3) is 3.41. The Hall–Kier alpha value is -1.67. The van der Waals surface area contributed by atoms with E-state index in [0.717, 1.165) is 16.6 Å². The van der Waals surface area contributed by atoms with Crippen LogP contribution in [0.4, 0.5) is 0 Å². The number of carboxylic acid groups (broad SMARTS) is 1. The van der Waals surface area contributed by atoms with Crippen LogP contribution in [0.3, 0.4) is 0 Å². The summed E-state index contributed by atoms with van der Waals surface area (Å²) < 4.78 is 0. The Morgan fingerprint density at radius 1 is 1.61 bits per heavy atom. The molecule has 0 aromatic carbocycles. The molecule has 1 amide bonds. The van der Waals surface area contributed by atoms with Crippen LogP contribution in [0.2, 0.25) is 0 Å². The number of amidine groups is 1. The van der Waals surface area contributed by atoms with Gasteiger partial charge in [-0.25, -0.2) is 0 Å². The number of carbonyl (C=O) groups is 2. The van der Waals surface area contributed by atoms with Gasteiger partial charge in [0.05, 0.1) is 11.5 Å². The van der Waals surface area contributed by atoms with Crippen LogP contribution in [-0.4, -0.2) is 28.5 Å². The molecule has 18 heavy (non-hydrogen) atoms. The molecule has 2 heterocycles. The van der Waals surface area contributed by atoms with Crippen LogP contribution in [0.15, 0.2) is 27.7 Å². The highest BCUT2D eigenvalue weighted by Crippen LogP contribution is 2.21. The van der Waals surface area contributed by atoms with Crippen molar-refractivity contribution < 1.29 is 14.7 Å². The van der Waals surface area contributed by atoms with Crippen molar-refractivity contribution in [1.82, 2.24) is 5.32 Å². The first-order valence-electron chi connectivity index (χ1n) is 4.97. The summed E-state index contributed by atoms with van der Waals surface area (Å²) in [5, 5.41) is 22.0. The molecule has 0 bridgehead atoms. The van der Waals surface area contributed by atoms with Gasteiger partial charge in [0.15, 0.2) is 5.17 Å². The molecule has 1 saturated heterocycles. The van der Waals surface area contributed by atoms with Crippen LogP contribution in [0.5, 0.6) is 0 Å². The van der Waals surface area contributed by atoms with Crippen LogP contribution in [0.1, 0.15) is 11.3 Å². The van der Waals surface area contributed by atoms with Gasteiger partial charge in [0.2, 0.25) is 5.91 Å².